The lowest BCUT2D eigenvalue weighted by Gasteiger charge is -2.09. The van der Waals surface area contributed by atoms with Crippen LogP contribution in [0.5, 0.6) is 11.5 Å². The van der Waals surface area contributed by atoms with Crippen LogP contribution in [0.25, 0.3) is 0 Å². The maximum atomic E-state index is 13.5. The maximum absolute atomic E-state index is 13.5. The molecule has 0 heterocycles. The quantitative estimate of drug-likeness (QED) is 0.891. The predicted molar refractivity (Wildman–Crippen MR) is 68.3 cm³/mol. The Hall–Kier alpha value is -2.30. The van der Waals surface area contributed by atoms with Crippen molar-refractivity contribution in [1.82, 2.24) is 0 Å². The number of phenolic OH excluding ortho intramolecular Hbond substituents is 1. The SMILES string of the molecule is COc1ccc(F)c(NCc2cc(O)cc(F)c2)c1. The number of hydrogen-bond donors (Lipinski definition) is 2. The van der Waals surface area contributed by atoms with Gasteiger partial charge >= 0.3 is 0 Å². The molecular formula is C14H13F2NO2. The summed E-state index contributed by atoms with van der Waals surface area (Å²) in [5.41, 5.74) is 0.767. The minimum absolute atomic E-state index is 0.164. The standard InChI is InChI=1S/C14H13F2NO2/c1-19-12-2-3-13(16)14(7-12)17-8-9-4-10(15)6-11(18)5-9/h2-7,17-18H,8H2,1H3. The van der Waals surface area contributed by atoms with Gasteiger partial charge in [-0.05, 0) is 29.8 Å². The summed E-state index contributed by atoms with van der Waals surface area (Å²) in [5, 5.41) is 12.1. The molecule has 0 unspecified atom stereocenters. The van der Waals surface area contributed by atoms with Crippen LogP contribution in [0.4, 0.5) is 14.5 Å². The molecular weight excluding hydrogens is 252 g/mol. The lowest BCUT2D eigenvalue weighted by Crippen LogP contribution is -2.02. The van der Waals surface area contributed by atoms with Crippen molar-refractivity contribution < 1.29 is 18.6 Å². The number of halogens is 2. The average Bonchev–Trinajstić information content (AvgIpc) is 2.37. The monoisotopic (exact) mass is 265 g/mol. The van der Waals surface area contributed by atoms with E-state index in [0.29, 0.717) is 11.3 Å². The Kier molecular flexibility index (Phi) is 3.85. The maximum Gasteiger partial charge on any atom is 0.146 e. The molecule has 0 aliphatic carbocycles. The molecule has 0 saturated heterocycles. The molecule has 0 bridgehead atoms. The molecule has 0 radical (unpaired) electrons. The van der Waals surface area contributed by atoms with Crippen molar-refractivity contribution in [1.29, 1.82) is 0 Å². The Bertz CT molecular complexity index is 567. The highest BCUT2D eigenvalue weighted by Crippen LogP contribution is 2.22. The average molecular weight is 265 g/mol. The number of anilines is 1. The fourth-order valence-electron chi connectivity index (χ4n) is 1.70. The van der Waals surface area contributed by atoms with Gasteiger partial charge in [-0.25, -0.2) is 8.78 Å². The van der Waals surface area contributed by atoms with Gasteiger partial charge in [0.15, 0.2) is 0 Å². The number of phenols is 1. The van der Waals surface area contributed by atoms with Crippen molar-refractivity contribution in [3.05, 3.63) is 53.6 Å². The van der Waals surface area contributed by atoms with Crippen LogP contribution in [0.1, 0.15) is 5.56 Å². The molecule has 0 spiro atoms. The lowest BCUT2D eigenvalue weighted by atomic mass is 10.2. The molecule has 0 saturated carbocycles. The van der Waals surface area contributed by atoms with Gasteiger partial charge in [-0.3, -0.25) is 0 Å². The molecule has 0 atom stereocenters. The van der Waals surface area contributed by atoms with Gasteiger partial charge in [-0.1, -0.05) is 0 Å². The largest absolute Gasteiger partial charge is 0.508 e. The van der Waals surface area contributed by atoms with Gasteiger partial charge in [0.2, 0.25) is 0 Å². The molecule has 100 valence electrons. The van der Waals surface area contributed by atoms with Crippen molar-refractivity contribution >= 4 is 5.69 Å². The highest BCUT2D eigenvalue weighted by Gasteiger charge is 2.05. The number of hydrogen-bond acceptors (Lipinski definition) is 3. The van der Waals surface area contributed by atoms with Crippen LogP contribution in [0.3, 0.4) is 0 Å². The first-order valence-electron chi connectivity index (χ1n) is 5.64. The zero-order valence-corrected chi connectivity index (χ0v) is 10.3. The number of rotatable bonds is 4. The Morgan fingerprint density at radius 2 is 1.95 bits per heavy atom. The first-order chi connectivity index (χ1) is 9.08. The van der Waals surface area contributed by atoms with Crippen LogP contribution < -0.4 is 10.1 Å². The third-order valence-corrected chi connectivity index (χ3v) is 2.60. The molecule has 3 nitrogen and oxygen atoms in total. The number of ether oxygens (including phenoxy) is 1. The molecule has 2 aromatic carbocycles. The first kappa shape index (κ1) is 13.1. The zero-order chi connectivity index (χ0) is 13.8. The summed E-state index contributed by atoms with van der Waals surface area (Å²) in [6.45, 7) is 0.190. The van der Waals surface area contributed by atoms with Crippen molar-refractivity contribution in [2.45, 2.75) is 6.54 Å². The lowest BCUT2D eigenvalue weighted by molar-refractivity contribution is 0.414. The highest BCUT2D eigenvalue weighted by molar-refractivity contribution is 5.50. The zero-order valence-electron chi connectivity index (χ0n) is 10.3. The van der Waals surface area contributed by atoms with E-state index in [2.05, 4.69) is 5.32 Å². The van der Waals surface area contributed by atoms with Gasteiger partial charge in [0, 0.05) is 18.7 Å². The van der Waals surface area contributed by atoms with Crippen LogP contribution in [0.2, 0.25) is 0 Å². The predicted octanol–water partition coefficient (Wildman–Crippen LogP) is 3.29. The van der Waals surface area contributed by atoms with E-state index in [1.54, 1.807) is 0 Å². The summed E-state index contributed by atoms with van der Waals surface area (Å²) in [6, 6.07) is 7.99. The smallest absolute Gasteiger partial charge is 0.146 e. The number of nitrogens with one attached hydrogen (secondary N) is 1. The van der Waals surface area contributed by atoms with Crippen LogP contribution >= 0.6 is 0 Å². The number of aromatic hydroxyl groups is 1. The topological polar surface area (TPSA) is 41.5 Å². The second-order valence-corrected chi connectivity index (χ2v) is 4.02. The molecule has 2 rings (SSSR count). The van der Waals surface area contributed by atoms with Gasteiger partial charge in [0.25, 0.3) is 0 Å². The van der Waals surface area contributed by atoms with Gasteiger partial charge in [0.1, 0.15) is 23.1 Å². The Balaban J connectivity index is 2.13. The molecule has 2 N–H and O–H groups in total. The number of methoxy groups -OCH3 is 1. The molecule has 0 amide bonds. The molecule has 0 fully saturated rings. The van der Waals surface area contributed by atoms with E-state index in [1.165, 1.54) is 37.4 Å². The fourth-order valence-corrected chi connectivity index (χ4v) is 1.70. The van der Waals surface area contributed by atoms with Crippen LogP contribution in [0.15, 0.2) is 36.4 Å². The second-order valence-electron chi connectivity index (χ2n) is 4.02. The van der Waals surface area contributed by atoms with E-state index in [4.69, 9.17) is 4.74 Å². The van der Waals surface area contributed by atoms with Gasteiger partial charge in [-0.15, -0.1) is 0 Å². The summed E-state index contributed by atoms with van der Waals surface area (Å²) < 4.78 is 31.6. The summed E-state index contributed by atoms with van der Waals surface area (Å²) in [5.74, 6) is -0.613. The summed E-state index contributed by atoms with van der Waals surface area (Å²) in [7, 11) is 1.49. The first-order valence-corrected chi connectivity index (χ1v) is 5.64. The van der Waals surface area contributed by atoms with Gasteiger partial charge in [0.05, 0.1) is 12.8 Å². The van der Waals surface area contributed by atoms with Gasteiger partial charge in [-0.2, -0.15) is 0 Å². The Labute approximate surface area is 109 Å². The Morgan fingerprint density at radius 3 is 2.63 bits per heavy atom. The minimum atomic E-state index is -0.539. The number of benzene rings is 2. The minimum Gasteiger partial charge on any atom is -0.508 e. The fraction of sp³-hybridized carbons (Fsp3) is 0.143. The van der Waals surface area contributed by atoms with Crippen molar-refractivity contribution in [2.24, 2.45) is 0 Å². The summed E-state index contributed by atoms with van der Waals surface area (Å²) >= 11 is 0. The normalized spacial score (nSPS) is 10.3. The van der Waals surface area contributed by atoms with E-state index in [9.17, 15) is 13.9 Å². The van der Waals surface area contributed by atoms with E-state index >= 15 is 0 Å². The van der Waals surface area contributed by atoms with Gasteiger partial charge < -0.3 is 15.2 Å². The summed E-state index contributed by atoms with van der Waals surface area (Å²) in [4.78, 5) is 0. The summed E-state index contributed by atoms with van der Waals surface area (Å²) in [6.07, 6.45) is 0. The molecule has 5 heteroatoms. The molecule has 2 aromatic rings. The van der Waals surface area contributed by atoms with E-state index in [0.717, 1.165) is 6.07 Å². The third kappa shape index (κ3) is 3.34. The van der Waals surface area contributed by atoms with Crippen LogP contribution in [-0.2, 0) is 6.54 Å². The Morgan fingerprint density at radius 1 is 1.16 bits per heavy atom. The van der Waals surface area contributed by atoms with E-state index in [-0.39, 0.29) is 18.0 Å². The third-order valence-electron chi connectivity index (χ3n) is 2.60. The van der Waals surface area contributed by atoms with Crippen LogP contribution in [0, 0.1) is 11.6 Å². The van der Waals surface area contributed by atoms with Crippen molar-refractivity contribution in [3.63, 3.8) is 0 Å². The van der Waals surface area contributed by atoms with E-state index < -0.39 is 11.6 Å². The van der Waals surface area contributed by atoms with Crippen molar-refractivity contribution in [2.75, 3.05) is 12.4 Å². The molecule has 0 aromatic heterocycles. The van der Waals surface area contributed by atoms with E-state index in [1.807, 2.05) is 0 Å². The molecule has 19 heavy (non-hydrogen) atoms. The van der Waals surface area contributed by atoms with Crippen molar-refractivity contribution in [3.8, 4) is 11.5 Å². The second kappa shape index (κ2) is 5.56. The highest BCUT2D eigenvalue weighted by atomic mass is 19.1. The van der Waals surface area contributed by atoms with Crippen LogP contribution in [-0.4, -0.2) is 12.2 Å². The molecule has 0 aliphatic rings. The molecule has 0 aliphatic heterocycles.